The second kappa shape index (κ2) is 5.09. The highest BCUT2D eigenvalue weighted by atomic mass is 15.4. The Morgan fingerprint density at radius 1 is 1.00 bits per heavy atom. The molecule has 0 aromatic heterocycles. The number of rotatable bonds is 8. The van der Waals surface area contributed by atoms with E-state index in [0.717, 1.165) is 6.42 Å². The van der Waals surface area contributed by atoms with Crippen LogP contribution in [0.1, 0.15) is 72.6 Å². The van der Waals surface area contributed by atoms with Crippen LogP contribution in [0.5, 0.6) is 0 Å². The first-order chi connectivity index (χ1) is 6.97. The normalized spacial score (nSPS) is 18.1. The van der Waals surface area contributed by atoms with Crippen molar-refractivity contribution in [2.75, 3.05) is 0 Å². The van der Waals surface area contributed by atoms with Crippen LogP contribution in [0.15, 0.2) is 10.2 Å². The van der Waals surface area contributed by atoms with Gasteiger partial charge in [0.15, 0.2) is 5.66 Å². The molecule has 0 unspecified atom stereocenters. The van der Waals surface area contributed by atoms with E-state index in [4.69, 9.17) is 0 Å². The third kappa shape index (κ3) is 5.29. The van der Waals surface area contributed by atoms with E-state index in [9.17, 15) is 0 Å². The monoisotopic (exact) mass is 210 g/mol. The number of hydrogen-bond donors (Lipinski definition) is 0. The van der Waals surface area contributed by atoms with Gasteiger partial charge in [-0.15, -0.1) is 0 Å². The molecular weight excluding hydrogens is 184 g/mol. The zero-order chi connectivity index (χ0) is 11.4. The molecule has 0 aromatic carbocycles. The van der Waals surface area contributed by atoms with Crippen molar-refractivity contribution < 1.29 is 0 Å². The van der Waals surface area contributed by atoms with Gasteiger partial charge in [0, 0.05) is 0 Å². The zero-order valence-corrected chi connectivity index (χ0v) is 10.8. The third-order valence-corrected chi connectivity index (χ3v) is 3.42. The first-order valence-electron chi connectivity index (χ1n) is 6.41. The molecule has 0 saturated heterocycles. The van der Waals surface area contributed by atoms with Gasteiger partial charge in [0.1, 0.15) is 0 Å². The van der Waals surface area contributed by atoms with E-state index in [1.165, 1.54) is 38.5 Å². The molecule has 2 heteroatoms. The van der Waals surface area contributed by atoms with Crippen molar-refractivity contribution in [1.82, 2.24) is 0 Å². The molecule has 0 saturated carbocycles. The van der Waals surface area contributed by atoms with E-state index in [1.807, 2.05) is 0 Å². The van der Waals surface area contributed by atoms with Gasteiger partial charge in [0.25, 0.3) is 0 Å². The lowest BCUT2D eigenvalue weighted by Gasteiger charge is -2.25. The maximum absolute atomic E-state index is 4.07. The van der Waals surface area contributed by atoms with E-state index in [0.29, 0.717) is 5.41 Å². The summed E-state index contributed by atoms with van der Waals surface area (Å²) in [6.07, 6.45) is 9.23. The van der Waals surface area contributed by atoms with Gasteiger partial charge in [0.05, 0.1) is 0 Å². The Bertz CT molecular complexity index is 213. The number of unbranched alkanes of at least 4 members (excludes halogenated alkanes) is 3. The van der Waals surface area contributed by atoms with Crippen LogP contribution < -0.4 is 0 Å². The minimum absolute atomic E-state index is 0.000683. The minimum atomic E-state index is 0.000683. The summed E-state index contributed by atoms with van der Waals surface area (Å²) in [5, 5.41) is 8.14. The summed E-state index contributed by atoms with van der Waals surface area (Å²) in [6.45, 7) is 9.15. The predicted octanol–water partition coefficient (Wildman–Crippen LogP) is 4.95. The molecular formula is C13H26N2. The van der Waals surface area contributed by atoms with Gasteiger partial charge < -0.3 is 0 Å². The zero-order valence-electron chi connectivity index (χ0n) is 10.8. The Kier molecular flexibility index (Phi) is 4.30. The highest BCUT2D eigenvalue weighted by Gasteiger charge is 2.35. The summed E-state index contributed by atoms with van der Waals surface area (Å²) < 4.78 is 0. The maximum Gasteiger partial charge on any atom is 0.188 e. The Labute approximate surface area is 94.6 Å². The molecule has 1 aliphatic heterocycles. The lowest BCUT2D eigenvalue weighted by molar-refractivity contribution is 0.273. The average Bonchev–Trinajstić information content (AvgIpc) is 2.90. The number of nitrogens with zero attached hydrogens (tertiary/aromatic N) is 2. The molecule has 0 N–H and O–H groups in total. The van der Waals surface area contributed by atoms with Crippen molar-refractivity contribution in [3.8, 4) is 0 Å². The lowest BCUT2D eigenvalue weighted by atomic mass is 9.81. The lowest BCUT2D eigenvalue weighted by Crippen LogP contribution is -2.15. The molecule has 0 aliphatic carbocycles. The first-order valence-corrected chi connectivity index (χ1v) is 6.41. The van der Waals surface area contributed by atoms with Crippen LogP contribution in [0.2, 0.25) is 0 Å². The Balaban J connectivity index is 2.08. The fourth-order valence-corrected chi connectivity index (χ4v) is 1.92. The van der Waals surface area contributed by atoms with Crippen LogP contribution in [0.4, 0.5) is 0 Å². The molecule has 88 valence electrons. The Morgan fingerprint density at radius 3 is 2.20 bits per heavy atom. The molecule has 0 spiro atoms. The van der Waals surface area contributed by atoms with Crippen LogP contribution in [-0.4, -0.2) is 5.66 Å². The predicted molar refractivity (Wildman–Crippen MR) is 65.0 cm³/mol. The average molecular weight is 210 g/mol. The standard InChI is InChI=1S/C13H26N2/c1-5-6-7-8-9-12(2,3)10-11-13(4)14-15-13/h5-11H2,1-4H3. The van der Waals surface area contributed by atoms with Crippen molar-refractivity contribution in [3.05, 3.63) is 0 Å². The topological polar surface area (TPSA) is 24.7 Å². The molecule has 1 rings (SSSR count). The second-order valence-electron chi connectivity index (χ2n) is 5.89. The van der Waals surface area contributed by atoms with Crippen molar-refractivity contribution in [2.45, 2.75) is 78.3 Å². The summed E-state index contributed by atoms with van der Waals surface area (Å²) in [5.41, 5.74) is 0.477. The van der Waals surface area contributed by atoms with Crippen LogP contribution >= 0.6 is 0 Å². The van der Waals surface area contributed by atoms with Crippen LogP contribution in [0.25, 0.3) is 0 Å². The highest BCUT2D eigenvalue weighted by Crippen LogP contribution is 2.38. The van der Waals surface area contributed by atoms with E-state index in [1.54, 1.807) is 0 Å². The SMILES string of the molecule is CCCCCCC(C)(C)CCC1(C)N=N1. The largest absolute Gasteiger partial charge is 0.188 e. The van der Waals surface area contributed by atoms with Gasteiger partial charge in [-0.1, -0.05) is 46.5 Å². The summed E-state index contributed by atoms with van der Waals surface area (Å²) >= 11 is 0. The van der Waals surface area contributed by atoms with Crippen molar-refractivity contribution in [1.29, 1.82) is 0 Å². The van der Waals surface area contributed by atoms with Gasteiger partial charge in [-0.25, -0.2) is 0 Å². The van der Waals surface area contributed by atoms with Crippen molar-refractivity contribution >= 4 is 0 Å². The van der Waals surface area contributed by atoms with Gasteiger partial charge in [0.2, 0.25) is 0 Å². The van der Waals surface area contributed by atoms with Crippen molar-refractivity contribution in [2.24, 2.45) is 15.6 Å². The molecule has 0 amide bonds. The Morgan fingerprint density at radius 2 is 1.67 bits per heavy atom. The number of hydrogen-bond acceptors (Lipinski definition) is 2. The van der Waals surface area contributed by atoms with Gasteiger partial charge in [-0.3, -0.25) is 0 Å². The molecule has 0 fully saturated rings. The quantitative estimate of drug-likeness (QED) is 0.507. The highest BCUT2D eigenvalue weighted by molar-refractivity contribution is 4.89. The van der Waals surface area contributed by atoms with E-state index >= 15 is 0 Å². The molecule has 0 radical (unpaired) electrons. The van der Waals surface area contributed by atoms with Gasteiger partial charge in [-0.2, -0.15) is 10.2 Å². The van der Waals surface area contributed by atoms with Crippen LogP contribution in [0.3, 0.4) is 0 Å². The van der Waals surface area contributed by atoms with Crippen LogP contribution in [-0.2, 0) is 0 Å². The van der Waals surface area contributed by atoms with Gasteiger partial charge >= 0.3 is 0 Å². The summed E-state index contributed by atoms with van der Waals surface area (Å²) in [7, 11) is 0. The molecule has 0 bridgehead atoms. The summed E-state index contributed by atoms with van der Waals surface area (Å²) in [6, 6.07) is 0. The van der Waals surface area contributed by atoms with E-state index in [-0.39, 0.29) is 5.66 Å². The van der Waals surface area contributed by atoms with E-state index in [2.05, 4.69) is 37.9 Å². The van der Waals surface area contributed by atoms with E-state index < -0.39 is 0 Å². The molecule has 15 heavy (non-hydrogen) atoms. The third-order valence-electron chi connectivity index (χ3n) is 3.42. The second-order valence-corrected chi connectivity index (χ2v) is 5.89. The fourth-order valence-electron chi connectivity index (χ4n) is 1.92. The molecule has 1 aliphatic rings. The smallest absolute Gasteiger partial charge is 0.159 e. The van der Waals surface area contributed by atoms with Gasteiger partial charge in [-0.05, 0) is 31.6 Å². The summed E-state index contributed by atoms with van der Waals surface area (Å²) in [5.74, 6) is 0. The molecule has 0 aromatic rings. The Hall–Kier alpha value is -0.400. The minimum Gasteiger partial charge on any atom is -0.159 e. The molecule has 0 atom stereocenters. The fraction of sp³-hybridized carbons (Fsp3) is 1.00. The van der Waals surface area contributed by atoms with Crippen molar-refractivity contribution in [3.63, 3.8) is 0 Å². The molecule has 2 nitrogen and oxygen atoms in total. The molecule has 1 heterocycles. The summed E-state index contributed by atoms with van der Waals surface area (Å²) in [4.78, 5) is 0. The van der Waals surface area contributed by atoms with Crippen LogP contribution in [0, 0.1) is 5.41 Å². The first kappa shape index (κ1) is 12.7. The maximum atomic E-state index is 4.07.